The van der Waals surface area contributed by atoms with E-state index in [1.54, 1.807) is 12.1 Å². The van der Waals surface area contributed by atoms with Gasteiger partial charge in [-0.3, -0.25) is 0 Å². The fourth-order valence-corrected chi connectivity index (χ4v) is 3.36. The molecule has 3 N–H and O–H groups in total. The second-order valence-electron chi connectivity index (χ2n) is 6.89. The summed E-state index contributed by atoms with van der Waals surface area (Å²) in [5, 5.41) is 31.1. The molecule has 0 aliphatic carbocycles. The molecular weight excluding hydrogens is 361 g/mol. The van der Waals surface area contributed by atoms with E-state index in [0.717, 1.165) is 12.6 Å². The van der Waals surface area contributed by atoms with Crippen molar-refractivity contribution in [3.63, 3.8) is 0 Å². The van der Waals surface area contributed by atoms with E-state index in [4.69, 9.17) is 0 Å². The maximum atomic E-state index is 12.9. The van der Waals surface area contributed by atoms with E-state index in [1.807, 2.05) is 11.9 Å². The molecule has 2 aromatic rings. The lowest BCUT2D eigenvalue weighted by atomic mass is 10.0. The highest BCUT2D eigenvalue weighted by Gasteiger charge is 2.35. The van der Waals surface area contributed by atoms with Crippen molar-refractivity contribution in [2.24, 2.45) is 0 Å². The molecule has 1 aliphatic rings. The van der Waals surface area contributed by atoms with Gasteiger partial charge in [-0.05, 0) is 38.6 Å². The summed E-state index contributed by atoms with van der Waals surface area (Å²) in [6.07, 6.45) is -4.43. The Morgan fingerprint density at radius 2 is 1.89 bits per heavy atom. The van der Waals surface area contributed by atoms with Crippen LogP contribution < -0.4 is 5.32 Å². The van der Waals surface area contributed by atoms with Gasteiger partial charge in [0.05, 0.1) is 17.4 Å². The van der Waals surface area contributed by atoms with E-state index in [2.05, 4.69) is 15.5 Å². The third-order valence-corrected chi connectivity index (χ3v) is 4.64. The first kappa shape index (κ1) is 19.4. The van der Waals surface area contributed by atoms with Gasteiger partial charge in [-0.1, -0.05) is 6.07 Å². The van der Waals surface area contributed by atoms with Crippen LogP contribution in [0.1, 0.15) is 17.5 Å². The molecule has 0 bridgehead atoms. The Morgan fingerprint density at radius 3 is 2.48 bits per heavy atom. The van der Waals surface area contributed by atoms with Crippen LogP contribution >= 0.6 is 0 Å². The van der Waals surface area contributed by atoms with E-state index < -0.39 is 23.6 Å². The van der Waals surface area contributed by atoms with Crippen molar-refractivity contribution in [1.29, 1.82) is 0 Å². The van der Waals surface area contributed by atoms with E-state index in [-0.39, 0.29) is 11.6 Å². The third kappa shape index (κ3) is 4.30. The number of aliphatic hydroxyl groups is 1. The number of aromatic hydroxyl groups is 1. The zero-order valence-corrected chi connectivity index (χ0v) is 15.0. The molecule has 3 rings (SSSR count). The number of piperidine rings is 1. The van der Waals surface area contributed by atoms with Gasteiger partial charge in [0.15, 0.2) is 0 Å². The van der Waals surface area contributed by atoms with Crippen LogP contribution in [0.3, 0.4) is 0 Å². The number of phenolic OH excluding ortho intramolecular Hbond substituents is 1. The summed E-state index contributed by atoms with van der Waals surface area (Å²) in [4.78, 5) is 2.02. The minimum Gasteiger partial charge on any atom is -0.507 e. The van der Waals surface area contributed by atoms with Crippen molar-refractivity contribution < 1.29 is 23.4 Å². The number of likely N-dealkylation sites (tertiary alicyclic amines) is 1. The van der Waals surface area contributed by atoms with Gasteiger partial charge in [-0.15, -0.1) is 10.2 Å². The zero-order valence-electron chi connectivity index (χ0n) is 15.0. The molecule has 0 saturated carbocycles. The topological polar surface area (TPSA) is 81.5 Å². The molecule has 0 radical (unpaired) electrons. The average Bonchev–Trinajstić information content (AvgIpc) is 2.56. The smallest absolute Gasteiger partial charge is 0.419 e. The van der Waals surface area contributed by atoms with Gasteiger partial charge in [-0.2, -0.15) is 13.2 Å². The van der Waals surface area contributed by atoms with Crippen molar-refractivity contribution in [2.45, 2.75) is 31.7 Å². The molecule has 27 heavy (non-hydrogen) atoms. The molecule has 1 aliphatic heterocycles. The molecule has 2 atom stereocenters. The fraction of sp³-hybridized carbons (Fsp3) is 0.444. The highest BCUT2D eigenvalue weighted by atomic mass is 19.4. The van der Waals surface area contributed by atoms with Crippen LogP contribution in [0, 0.1) is 6.92 Å². The monoisotopic (exact) mass is 382 g/mol. The number of hydrogen-bond acceptors (Lipinski definition) is 6. The average molecular weight is 382 g/mol. The summed E-state index contributed by atoms with van der Waals surface area (Å²) in [6, 6.07) is 5.45. The van der Waals surface area contributed by atoms with Crippen LogP contribution in [0.4, 0.5) is 19.0 Å². The Hall–Kier alpha value is -2.39. The number of likely N-dealkylation sites (N-methyl/N-ethyl adjacent to an activating group) is 1. The number of anilines is 1. The second kappa shape index (κ2) is 7.32. The lowest BCUT2D eigenvalue weighted by Gasteiger charge is -2.33. The second-order valence-corrected chi connectivity index (χ2v) is 6.89. The standard InChI is InChI=1S/C18H21F3N4O2/c1-10-13(3-4-14(17(10)27)18(19,20)21)15-5-6-16(24-23-15)22-11-7-12(26)9-25(2)8-11/h3-6,11-12,26-27H,7-9H2,1-2H3,(H,22,24)/t11-,12-/m0/s1. The highest BCUT2D eigenvalue weighted by Crippen LogP contribution is 2.40. The summed E-state index contributed by atoms with van der Waals surface area (Å²) in [5.41, 5.74) is -0.234. The van der Waals surface area contributed by atoms with Gasteiger partial charge in [0.1, 0.15) is 11.6 Å². The van der Waals surface area contributed by atoms with Crippen molar-refractivity contribution in [3.05, 3.63) is 35.4 Å². The van der Waals surface area contributed by atoms with Crippen molar-refractivity contribution in [2.75, 3.05) is 25.5 Å². The summed E-state index contributed by atoms with van der Waals surface area (Å²) in [6.45, 7) is 2.79. The van der Waals surface area contributed by atoms with Gasteiger partial charge >= 0.3 is 6.18 Å². The molecule has 0 spiro atoms. The number of aliphatic hydroxyl groups excluding tert-OH is 1. The summed E-state index contributed by atoms with van der Waals surface area (Å²) in [5.74, 6) is -0.289. The molecule has 1 saturated heterocycles. The molecule has 2 heterocycles. The molecule has 1 aromatic heterocycles. The zero-order chi connectivity index (χ0) is 19.8. The molecule has 0 unspecified atom stereocenters. The molecule has 1 fully saturated rings. The maximum absolute atomic E-state index is 12.9. The molecule has 1 aromatic carbocycles. The Labute approximate surface area is 154 Å². The van der Waals surface area contributed by atoms with E-state index in [0.29, 0.717) is 30.0 Å². The number of nitrogens with zero attached hydrogens (tertiary/aromatic N) is 3. The number of β-amino-alcohol motifs (C(OH)–C–C–N with tert-alkyl or cyclic N) is 1. The van der Waals surface area contributed by atoms with Crippen molar-refractivity contribution in [3.8, 4) is 17.0 Å². The fourth-order valence-electron chi connectivity index (χ4n) is 3.36. The van der Waals surface area contributed by atoms with Crippen LogP contribution in [0.25, 0.3) is 11.3 Å². The van der Waals surface area contributed by atoms with E-state index in [9.17, 15) is 23.4 Å². The molecular formula is C18H21F3N4O2. The Kier molecular flexibility index (Phi) is 5.25. The Morgan fingerprint density at radius 1 is 1.15 bits per heavy atom. The van der Waals surface area contributed by atoms with Gasteiger partial charge in [0.2, 0.25) is 0 Å². The number of phenols is 1. The number of aromatic nitrogens is 2. The van der Waals surface area contributed by atoms with Gasteiger partial charge in [-0.25, -0.2) is 0 Å². The molecule has 146 valence electrons. The predicted octanol–water partition coefficient (Wildman–Crippen LogP) is 2.65. The SMILES string of the molecule is Cc1c(-c2ccc(N[C@H]3C[C@H](O)CN(C)C3)nn2)ccc(C(F)(F)F)c1O. The first-order valence-electron chi connectivity index (χ1n) is 8.52. The largest absolute Gasteiger partial charge is 0.507 e. The van der Waals surface area contributed by atoms with Gasteiger partial charge in [0.25, 0.3) is 0 Å². The lowest BCUT2D eigenvalue weighted by molar-refractivity contribution is -0.138. The minimum atomic E-state index is -4.62. The van der Waals surface area contributed by atoms with E-state index in [1.165, 1.54) is 13.0 Å². The maximum Gasteiger partial charge on any atom is 0.419 e. The van der Waals surface area contributed by atoms with Gasteiger partial charge < -0.3 is 20.4 Å². The normalized spacial score (nSPS) is 21.3. The Bertz CT molecular complexity index is 801. The van der Waals surface area contributed by atoms with Crippen LogP contribution in [0.2, 0.25) is 0 Å². The Balaban J connectivity index is 1.79. The summed E-state index contributed by atoms with van der Waals surface area (Å²) in [7, 11) is 1.92. The molecule has 0 amide bonds. The minimum absolute atomic E-state index is 0.0238. The van der Waals surface area contributed by atoms with Gasteiger partial charge in [0, 0.05) is 30.3 Å². The van der Waals surface area contributed by atoms with Crippen molar-refractivity contribution in [1.82, 2.24) is 15.1 Å². The van der Waals surface area contributed by atoms with Crippen LogP contribution in [0.5, 0.6) is 5.75 Å². The van der Waals surface area contributed by atoms with Crippen molar-refractivity contribution >= 4 is 5.82 Å². The number of nitrogens with one attached hydrogen (secondary N) is 1. The quantitative estimate of drug-likeness (QED) is 0.757. The summed E-state index contributed by atoms with van der Waals surface area (Å²) >= 11 is 0. The number of rotatable bonds is 3. The number of alkyl halides is 3. The number of hydrogen-bond donors (Lipinski definition) is 3. The molecule has 9 heteroatoms. The van der Waals surface area contributed by atoms with E-state index >= 15 is 0 Å². The number of halogens is 3. The highest BCUT2D eigenvalue weighted by molar-refractivity contribution is 5.68. The predicted molar refractivity (Wildman–Crippen MR) is 94.4 cm³/mol. The number of benzene rings is 1. The van der Waals surface area contributed by atoms with Crippen LogP contribution in [-0.4, -0.2) is 57.6 Å². The molecule has 6 nitrogen and oxygen atoms in total. The first-order chi connectivity index (χ1) is 12.6. The van der Waals surface area contributed by atoms with Crippen LogP contribution in [0.15, 0.2) is 24.3 Å². The first-order valence-corrected chi connectivity index (χ1v) is 8.52. The summed E-state index contributed by atoms with van der Waals surface area (Å²) < 4.78 is 38.6. The third-order valence-electron chi connectivity index (χ3n) is 4.64. The lowest BCUT2D eigenvalue weighted by Crippen LogP contribution is -2.46. The van der Waals surface area contributed by atoms with Crippen LogP contribution in [-0.2, 0) is 6.18 Å².